The van der Waals surface area contributed by atoms with Crippen LogP contribution in [-0.4, -0.2) is 26.5 Å². The maximum Gasteiger partial charge on any atom is 0.298 e. The van der Waals surface area contributed by atoms with Gasteiger partial charge in [0.05, 0.1) is 4.92 Å². The molecule has 0 saturated carbocycles. The maximum absolute atomic E-state index is 11.1. The Morgan fingerprint density at radius 2 is 2.26 bits per heavy atom. The first-order valence-corrected chi connectivity index (χ1v) is 6.02. The normalized spacial score (nSPS) is 10.4. The van der Waals surface area contributed by atoms with Crippen LogP contribution in [0.1, 0.15) is 13.3 Å². The van der Waals surface area contributed by atoms with Gasteiger partial charge >= 0.3 is 0 Å². The van der Waals surface area contributed by atoms with E-state index in [-0.39, 0.29) is 11.4 Å². The first kappa shape index (κ1) is 13.0. The van der Waals surface area contributed by atoms with Gasteiger partial charge in [-0.1, -0.05) is 6.92 Å². The molecule has 19 heavy (non-hydrogen) atoms. The van der Waals surface area contributed by atoms with Crippen LogP contribution in [0.25, 0.3) is 11.5 Å². The molecule has 7 heteroatoms. The lowest BCUT2D eigenvalue weighted by atomic mass is 10.2. The highest BCUT2D eigenvalue weighted by Crippen LogP contribution is 2.28. The van der Waals surface area contributed by atoms with Crippen molar-refractivity contribution in [1.29, 1.82) is 0 Å². The van der Waals surface area contributed by atoms with Crippen molar-refractivity contribution in [2.75, 3.05) is 12.4 Å². The molecule has 1 N–H and O–H groups in total. The standard InChI is InChI=1S/C12H15N5O2/c1-3-7-16-8-6-14-12(16)11-9(17(18)19)4-5-10(13-2)15-11/h4-6,8H,3,7H2,1-2H3,(H,13,15). The Bertz CT molecular complexity index is 594. The highest BCUT2D eigenvalue weighted by molar-refractivity contribution is 5.66. The summed E-state index contributed by atoms with van der Waals surface area (Å²) < 4.78 is 1.87. The van der Waals surface area contributed by atoms with Crippen LogP contribution in [-0.2, 0) is 6.54 Å². The van der Waals surface area contributed by atoms with Gasteiger partial charge in [0.25, 0.3) is 5.69 Å². The van der Waals surface area contributed by atoms with Crippen LogP contribution in [0.2, 0.25) is 0 Å². The molecular weight excluding hydrogens is 246 g/mol. The summed E-state index contributed by atoms with van der Waals surface area (Å²) in [5.74, 6) is 1.09. The van der Waals surface area contributed by atoms with Gasteiger partial charge in [-0.25, -0.2) is 9.97 Å². The molecule has 0 unspecified atom stereocenters. The summed E-state index contributed by atoms with van der Waals surface area (Å²) in [7, 11) is 1.72. The summed E-state index contributed by atoms with van der Waals surface area (Å²) in [6, 6.07) is 3.02. The highest BCUT2D eigenvalue weighted by Gasteiger charge is 2.21. The molecule has 0 aliphatic rings. The van der Waals surface area contributed by atoms with Gasteiger partial charge in [0.1, 0.15) is 5.82 Å². The largest absolute Gasteiger partial charge is 0.373 e. The number of anilines is 1. The van der Waals surface area contributed by atoms with E-state index in [1.54, 1.807) is 25.5 Å². The third-order valence-corrected chi connectivity index (χ3v) is 2.72. The van der Waals surface area contributed by atoms with Gasteiger partial charge in [0, 0.05) is 32.1 Å². The molecule has 2 heterocycles. The number of rotatable bonds is 5. The van der Waals surface area contributed by atoms with E-state index in [0.29, 0.717) is 11.6 Å². The van der Waals surface area contributed by atoms with Crippen LogP contribution < -0.4 is 5.32 Å². The average molecular weight is 261 g/mol. The number of hydrogen-bond donors (Lipinski definition) is 1. The van der Waals surface area contributed by atoms with E-state index >= 15 is 0 Å². The number of hydrogen-bond acceptors (Lipinski definition) is 5. The van der Waals surface area contributed by atoms with Crippen molar-refractivity contribution < 1.29 is 4.92 Å². The summed E-state index contributed by atoms with van der Waals surface area (Å²) in [6.07, 6.45) is 4.35. The molecule has 0 amide bonds. The highest BCUT2D eigenvalue weighted by atomic mass is 16.6. The molecule has 0 saturated heterocycles. The SMILES string of the molecule is CCCn1ccnc1-c1nc(NC)ccc1[N+](=O)[O-]. The minimum Gasteiger partial charge on any atom is -0.373 e. The van der Waals surface area contributed by atoms with Crippen LogP contribution in [0.3, 0.4) is 0 Å². The topological polar surface area (TPSA) is 85.9 Å². The second-order valence-corrected chi connectivity index (χ2v) is 4.02. The number of pyridine rings is 1. The molecule has 2 aromatic heterocycles. The summed E-state index contributed by atoms with van der Waals surface area (Å²) in [5.41, 5.74) is 0.248. The minimum absolute atomic E-state index is 0.0393. The summed E-state index contributed by atoms with van der Waals surface area (Å²) in [5, 5.41) is 14.0. The lowest BCUT2D eigenvalue weighted by Crippen LogP contribution is -2.04. The van der Waals surface area contributed by atoms with Crippen LogP contribution >= 0.6 is 0 Å². The summed E-state index contributed by atoms with van der Waals surface area (Å²) >= 11 is 0. The number of nitrogens with zero attached hydrogens (tertiary/aromatic N) is 4. The van der Waals surface area contributed by atoms with Gasteiger partial charge in [-0.3, -0.25) is 10.1 Å². The van der Waals surface area contributed by atoms with Gasteiger partial charge in [-0.2, -0.15) is 0 Å². The molecule has 0 spiro atoms. The molecule has 0 aliphatic carbocycles. The predicted molar refractivity (Wildman–Crippen MR) is 72.0 cm³/mol. The van der Waals surface area contributed by atoms with Crippen molar-refractivity contribution in [3.8, 4) is 11.5 Å². The van der Waals surface area contributed by atoms with Crippen molar-refractivity contribution in [2.45, 2.75) is 19.9 Å². The first-order chi connectivity index (χ1) is 9.17. The Labute approximate surface area is 110 Å². The fourth-order valence-electron chi connectivity index (χ4n) is 1.85. The molecule has 2 rings (SSSR count). The fourth-order valence-corrected chi connectivity index (χ4v) is 1.85. The van der Waals surface area contributed by atoms with Crippen molar-refractivity contribution >= 4 is 11.5 Å². The van der Waals surface area contributed by atoms with Crippen molar-refractivity contribution in [3.63, 3.8) is 0 Å². The zero-order valence-electron chi connectivity index (χ0n) is 10.8. The van der Waals surface area contributed by atoms with Gasteiger partial charge in [-0.15, -0.1) is 0 Å². The summed E-state index contributed by atoms with van der Waals surface area (Å²) in [6.45, 7) is 2.79. The quantitative estimate of drug-likeness (QED) is 0.659. The number of nitro groups is 1. The zero-order chi connectivity index (χ0) is 13.8. The van der Waals surface area contributed by atoms with E-state index in [2.05, 4.69) is 15.3 Å². The molecule has 0 aliphatic heterocycles. The van der Waals surface area contributed by atoms with Gasteiger partial charge in [0.2, 0.25) is 0 Å². The third-order valence-electron chi connectivity index (χ3n) is 2.72. The number of aromatic nitrogens is 3. The average Bonchev–Trinajstić information content (AvgIpc) is 2.86. The van der Waals surface area contributed by atoms with Crippen molar-refractivity contribution in [3.05, 3.63) is 34.6 Å². The summed E-state index contributed by atoms with van der Waals surface area (Å²) in [4.78, 5) is 19.1. The van der Waals surface area contributed by atoms with E-state index < -0.39 is 4.92 Å². The molecular formula is C12H15N5O2. The number of nitrogens with one attached hydrogen (secondary N) is 1. The van der Waals surface area contributed by atoms with Gasteiger partial charge in [-0.05, 0) is 12.5 Å². The lowest BCUT2D eigenvalue weighted by Gasteiger charge is -2.07. The van der Waals surface area contributed by atoms with Crippen LogP contribution in [0.15, 0.2) is 24.5 Å². The van der Waals surface area contributed by atoms with Crippen LogP contribution in [0, 0.1) is 10.1 Å². The zero-order valence-corrected chi connectivity index (χ0v) is 10.8. The molecule has 7 nitrogen and oxygen atoms in total. The lowest BCUT2D eigenvalue weighted by molar-refractivity contribution is -0.384. The Balaban J connectivity index is 2.58. The predicted octanol–water partition coefficient (Wildman–Crippen LogP) is 2.30. The molecule has 0 atom stereocenters. The van der Waals surface area contributed by atoms with E-state index in [1.807, 2.05) is 11.5 Å². The second-order valence-electron chi connectivity index (χ2n) is 4.02. The second kappa shape index (κ2) is 5.47. The van der Waals surface area contributed by atoms with Gasteiger partial charge in [0.15, 0.2) is 11.5 Å². The van der Waals surface area contributed by atoms with E-state index in [9.17, 15) is 10.1 Å². The monoisotopic (exact) mass is 261 g/mol. The molecule has 2 aromatic rings. The molecule has 100 valence electrons. The van der Waals surface area contributed by atoms with Crippen molar-refractivity contribution in [2.24, 2.45) is 0 Å². The Morgan fingerprint density at radius 3 is 2.89 bits per heavy atom. The maximum atomic E-state index is 11.1. The number of imidazole rings is 1. The van der Waals surface area contributed by atoms with E-state index in [4.69, 9.17) is 0 Å². The molecule has 0 aromatic carbocycles. The number of aryl methyl sites for hydroxylation is 1. The first-order valence-electron chi connectivity index (χ1n) is 6.02. The Morgan fingerprint density at radius 1 is 1.47 bits per heavy atom. The van der Waals surface area contributed by atoms with Crippen molar-refractivity contribution in [1.82, 2.24) is 14.5 Å². The van der Waals surface area contributed by atoms with E-state index in [1.165, 1.54) is 6.07 Å². The van der Waals surface area contributed by atoms with Crippen LogP contribution in [0.5, 0.6) is 0 Å². The fraction of sp³-hybridized carbons (Fsp3) is 0.333. The minimum atomic E-state index is -0.438. The third kappa shape index (κ3) is 2.54. The Hall–Kier alpha value is -2.44. The van der Waals surface area contributed by atoms with Gasteiger partial charge < -0.3 is 9.88 Å². The molecule has 0 fully saturated rings. The van der Waals surface area contributed by atoms with Crippen LogP contribution in [0.4, 0.5) is 11.5 Å². The molecule has 0 radical (unpaired) electrons. The van der Waals surface area contributed by atoms with E-state index in [0.717, 1.165) is 13.0 Å². The Kier molecular flexibility index (Phi) is 3.74. The molecule has 0 bridgehead atoms. The smallest absolute Gasteiger partial charge is 0.298 e.